The van der Waals surface area contributed by atoms with Gasteiger partial charge in [-0.15, -0.1) is 0 Å². The molecule has 0 rings (SSSR count). The van der Waals surface area contributed by atoms with Gasteiger partial charge in [0.1, 0.15) is 12.0 Å². The number of alkyl halides is 3. The molecule has 0 radical (unpaired) electrons. The molecule has 0 heterocycles. The summed E-state index contributed by atoms with van der Waals surface area (Å²) in [6.45, 7) is 2.89. The molecule has 18 heavy (non-hydrogen) atoms. The van der Waals surface area contributed by atoms with Gasteiger partial charge in [-0.05, 0) is 20.3 Å². The molecule has 5 nitrogen and oxygen atoms in total. The van der Waals surface area contributed by atoms with Crippen molar-refractivity contribution < 1.29 is 23.2 Å². The summed E-state index contributed by atoms with van der Waals surface area (Å²) in [5.41, 5.74) is 3.84. The monoisotopic (exact) mass is 269 g/mol. The van der Waals surface area contributed by atoms with E-state index in [0.717, 1.165) is 0 Å². The Kier molecular flexibility index (Phi) is 5.44. The Bertz CT molecular complexity index is 327. The van der Waals surface area contributed by atoms with Crippen molar-refractivity contribution in [2.75, 3.05) is 13.1 Å². The van der Waals surface area contributed by atoms with E-state index in [9.17, 15) is 18.0 Å². The minimum atomic E-state index is -4.48. The zero-order valence-electron chi connectivity index (χ0n) is 10.6. The number of nitrogens with two attached hydrogens (primary N) is 1. The normalized spacial score (nSPS) is 13.6. The number of carbonyl (C=O) groups is 1. The maximum absolute atomic E-state index is 12.4. The lowest BCUT2D eigenvalue weighted by Crippen LogP contribution is -2.50. The van der Waals surface area contributed by atoms with Crippen LogP contribution in [0, 0.1) is 5.41 Å². The number of rotatable bonds is 5. The van der Waals surface area contributed by atoms with Gasteiger partial charge in [-0.1, -0.05) is 12.1 Å². The molecular weight excluding hydrogens is 251 g/mol. The van der Waals surface area contributed by atoms with Gasteiger partial charge in [0.05, 0.1) is 0 Å². The van der Waals surface area contributed by atoms with Gasteiger partial charge in [0, 0.05) is 6.54 Å². The van der Waals surface area contributed by atoms with Crippen LogP contribution in [0.25, 0.3) is 0 Å². The molecule has 0 fully saturated rings. The lowest BCUT2D eigenvalue weighted by molar-refractivity contribution is -0.164. The highest BCUT2D eigenvalue weighted by molar-refractivity contribution is 6.05. The first-order chi connectivity index (χ1) is 8.06. The number of halogens is 3. The van der Waals surface area contributed by atoms with E-state index in [-0.39, 0.29) is 6.54 Å². The summed E-state index contributed by atoms with van der Waals surface area (Å²) in [5.74, 6) is -1.24. The number of hydrogen-bond donors (Lipinski definition) is 2. The second kappa shape index (κ2) is 5.92. The summed E-state index contributed by atoms with van der Waals surface area (Å²) in [5, 5.41) is 11.2. The van der Waals surface area contributed by atoms with Crippen LogP contribution in [0.1, 0.15) is 27.2 Å². The van der Waals surface area contributed by atoms with E-state index in [1.165, 1.54) is 13.8 Å². The fraction of sp³-hybridized carbons (Fsp3) is 0.800. The van der Waals surface area contributed by atoms with Crippen molar-refractivity contribution in [1.82, 2.24) is 4.90 Å². The van der Waals surface area contributed by atoms with Crippen LogP contribution in [0.4, 0.5) is 13.2 Å². The standard InChI is InChI=1S/C10H18F3N3O2/c1-4-5-16(6-10(11,12)13)8(17)9(2,3)7(14)15-18/h18H,4-6H2,1-3H3,(H2,14,15). The van der Waals surface area contributed by atoms with E-state index in [0.29, 0.717) is 11.3 Å². The van der Waals surface area contributed by atoms with Crippen molar-refractivity contribution in [3.8, 4) is 0 Å². The molecule has 0 aliphatic rings. The van der Waals surface area contributed by atoms with Crippen LogP contribution in [0.5, 0.6) is 0 Å². The Morgan fingerprint density at radius 2 is 1.89 bits per heavy atom. The minimum absolute atomic E-state index is 0.0412. The third kappa shape index (κ3) is 4.42. The van der Waals surface area contributed by atoms with Gasteiger partial charge in [0.2, 0.25) is 5.91 Å². The smallest absolute Gasteiger partial charge is 0.406 e. The quantitative estimate of drug-likeness (QED) is 0.344. The lowest BCUT2D eigenvalue weighted by Gasteiger charge is -2.31. The summed E-state index contributed by atoms with van der Waals surface area (Å²) < 4.78 is 37.1. The molecule has 0 aromatic carbocycles. The van der Waals surface area contributed by atoms with E-state index < -0.39 is 29.9 Å². The first kappa shape index (κ1) is 16.5. The molecule has 0 aromatic heterocycles. The predicted molar refractivity (Wildman–Crippen MR) is 60.1 cm³/mol. The van der Waals surface area contributed by atoms with Crippen molar-refractivity contribution in [1.29, 1.82) is 0 Å². The van der Waals surface area contributed by atoms with Gasteiger partial charge in [0.15, 0.2) is 5.84 Å². The third-order valence-corrected chi connectivity index (χ3v) is 2.43. The second-order valence-corrected chi connectivity index (χ2v) is 4.45. The van der Waals surface area contributed by atoms with E-state index in [4.69, 9.17) is 10.9 Å². The number of nitrogens with zero attached hydrogens (tertiary/aromatic N) is 2. The van der Waals surface area contributed by atoms with Gasteiger partial charge < -0.3 is 15.8 Å². The molecule has 0 aromatic rings. The lowest BCUT2D eigenvalue weighted by atomic mass is 9.90. The molecule has 8 heteroatoms. The highest BCUT2D eigenvalue weighted by atomic mass is 19.4. The highest BCUT2D eigenvalue weighted by Gasteiger charge is 2.40. The summed E-state index contributed by atoms with van der Waals surface area (Å²) in [6.07, 6.45) is -4.10. The first-order valence-electron chi connectivity index (χ1n) is 5.40. The average molecular weight is 269 g/mol. The van der Waals surface area contributed by atoms with Gasteiger partial charge >= 0.3 is 6.18 Å². The van der Waals surface area contributed by atoms with Crippen LogP contribution >= 0.6 is 0 Å². The van der Waals surface area contributed by atoms with Crippen molar-refractivity contribution in [3.05, 3.63) is 0 Å². The van der Waals surface area contributed by atoms with E-state index in [2.05, 4.69) is 5.16 Å². The summed E-state index contributed by atoms with van der Waals surface area (Å²) in [7, 11) is 0. The van der Waals surface area contributed by atoms with Crippen LogP contribution in [0.3, 0.4) is 0 Å². The van der Waals surface area contributed by atoms with Crippen LogP contribution in [0.15, 0.2) is 5.16 Å². The molecule has 0 saturated carbocycles. The topological polar surface area (TPSA) is 78.9 Å². The average Bonchev–Trinajstić information content (AvgIpc) is 2.24. The number of hydrogen-bond acceptors (Lipinski definition) is 3. The van der Waals surface area contributed by atoms with Gasteiger partial charge in [-0.2, -0.15) is 13.2 Å². The van der Waals surface area contributed by atoms with Crippen molar-refractivity contribution in [2.24, 2.45) is 16.3 Å². The zero-order chi connectivity index (χ0) is 14.6. The molecule has 0 aliphatic carbocycles. The molecule has 0 spiro atoms. The van der Waals surface area contributed by atoms with Crippen LogP contribution in [-0.2, 0) is 4.79 Å². The molecule has 106 valence electrons. The molecule has 0 saturated heterocycles. The number of amidine groups is 1. The summed E-state index contributed by atoms with van der Waals surface area (Å²) in [6, 6.07) is 0. The van der Waals surface area contributed by atoms with Crippen LogP contribution in [-0.4, -0.2) is 41.1 Å². The second-order valence-electron chi connectivity index (χ2n) is 4.45. The molecule has 0 aliphatic heterocycles. The Balaban J connectivity index is 5.09. The van der Waals surface area contributed by atoms with Crippen LogP contribution < -0.4 is 5.73 Å². The third-order valence-electron chi connectivity index (χ3n) is 2.43. The highest BCUT2D eigenvalue weighted by Crippen LogP contribution is 2.23. The predicted octanol–water partition coefficient (Wildman–Crippen LogP) is 1.56. The van der Waals surface area contributed by atoms with E-state index in [1.54, 1.807) is 6.92 Å². The van der Waals surface area contributed by atoms with Gasteiger partial charge in [0.25, 0.3) is 0 Å². The fourth-order valence-corrected chi connectivity index (χ4v) is 1.37. The van der Waals surface area contributed by atoms with Crippen molar-refractivity contribution in [2.45, 2.75) is 33.4 Å². The molecule has 3 N–H and O–H groups in total. The molecule has 0 atom stereocenters. The first-order valence-corrected chi connectivity index (χ1v) is 5.40. The number of amides is 1. The maximum atomic E-state index is 12.4. The summed E-state index contributed by atoms with van der Waals surface area (Å²) in [4.78, 5) is 12.7. The van der Waals surface area contributed by atoms with Gasteiger partial charge in [-0.25, -0.2) is 0 Å². The van der Waals surface area contributed by atoms with Crippen LogP contribution in [0.2, 0.25) is 0 Å². The largest absolute Gasteiger partial charge is 0.409 e. The van der Waals surface area contributed by atoms with E-state index in [1.807, 2.05) is 0 Å². The molecular formula is C10H18F3N3O2. The Morgan fingerprint density at radius 3 is 2.22 bits per heavy atom. The number of carbonyl (C=O) groups excluding carboxylic acids is 1. The molecule has 0 bridgehead atoms. The maximum Gasteiger partial charge on any atom is 0.406 e. The Labute approximate surface area is 103 Å². The Hall–Kier alpha value is -1.47. The molecule has 1 amide bonds. The van der Waals surface area contributed by atoms with Crippen molar-refractivity contribution in [3.63, 3.8) is 0 Å². The zero-order valence-corrected chi connectivity index (χ0v) is 10.6. The Morgan fingerprint density at radius 1 is 1.39 bits per heavy atom. The number of oxime groups is 1. The minimum Gasteiger partial charge on any atom is -0.409 e. The SMILES string of the molecule is CCCN(CC(F)(F)F)C(=O)C(C)(C)C(N)=NO. The van der Waals surface area contributed by atoms with E-state index >= 15 is 0 Å². The van der Waals surface area contributed by atoms with Gasteiger partial charge in [-0.3, -0.25) is 4.79 Å². The molecule has 0 unspecified atom stereocenters. The summed E-state index contributed by atoms with van der Waals surface area (Å²) >= 11 is 0. The van der Waals surface area contributed by atoms with Crippen molar-refractivity contribution >= 4 is 11.7 Å². The fourth-order valence-electron chi connectivity index (χ4n) is 1.37.